The van der Waals surface area contributed by atoms with E-state index in [0.29, 0.717) is 29.2 Å². The first-order valence-corrected chi connectivity index (χ1v) is 10.1. The second-order valence-corrected chi connectivity index (χ2v) is 6.88. The number of nitrogens with zero attached hydrogens (tertiary/aromatic N) is 1. The van der Waals surface area contributed by atoms with Gasteiger partial charge in [-0.15, -0.1) is 0 Å². The molecule has 0 spiro atoms. The largest absolute Gasteiger partial charge is 0.494 e. The fraction of sp³-hybridized carbons (Fsp3) is 0.160. The summed E-state index contributed by atoms with van der Waals surface area (Å²) in [6.07, 6.45) is 0.900. The molecule has 3 aromatic rings. The molecule has 3 aromatic carbocycles. The van der Waals surface area contributed by atoms with Crippen LogP contribution in [0.3, 0.4) is 0 Å². The molecule has 3 rings (SSSR count). The van der Waals surface area contributed by atoms with Crippen molar-refractivity contribution >= 4 is 11.8 Å². The molecule has 0 aromatic heterocycles. The second kappa shape index (κ2) is 11.2. The fourth-order valence-electron chi connectivity index (χ4n) is 2.79. The predicted molar refractivity (Wildman–Crippen MR) is 120 cm³/mol. The Bertz CT molecular complexity index is 1090. The molecule has 0 saturated heterocycles. The summed E-state index contributed by atoms with van der Waals surface area (Å²) in [5, 5.41) is 8.87. The molecule has 0 saturated carbocycles. The molecule has 0 radical (unpaired) electrons. The van der Waals surface area contributed by atoms with E-state index in [4.69, 9.17) is 14.7 Å². The van der Waals surface area contributed by atoms with Crippen LogP contribution in [0.4, 0.5) is 0 Å². The fourth-order valence-corrected chi connectivity index (χ4v) is 2.79. The molecule has 7 heteroatoms. The van der Waals surface area contributed by atoms with Gasteiger partial charge in [0.05, 0.1) is 18.2 Å². The van der Waals surface area contributed by atoms with Crippen LogP contribution >= 0.6 is 0 Å². The Morgan fingerprint density at radius 1 is 0.812 bits per heavy atom. The first-order chi connectivity index (χ1) is 15.6. The number of nitrogens with one attached hydrogen (secondary N) is 2. The highest BCUT2D eigenvalue weighted by Crippen LogP contribution is 2.22. The monoisotopic (exact) mass is 429 g/mol. The normalized spacial score (nSPS) is 10.0. The average Bonchev–Trinajstić information content (AvgIpc) is 2.85. The summed E-state index contributed by atoms with van der Waals surface area (Å²) < 4.78 is 10.9. The van der Waals surface area contributed by atoms with Crippen LogP contribution in [0.1, 0.15) is 29.3 Å². The molecular formula is C25H23N3O4. The van der Waals surface area contributed by atoms with E-state index in [-0.39, 0.29) is 6.61 Å². The van der Waals surface area contributed by atoms with Crippen molar-refractivity contribution in [2.45, 2.75) is 13.3 Å². The number of nitriles is 1. The van der Waals surface area contributed by atoms with Crippen molar-refractivity contribution in [3.8, 4) is 28.7 Å². The van der Waals surface area contributed by atoms with Gasteiger partial charge < -0.3 is 9.47 Å². The lowest BCUT2D eigenvalue weighted by molar-refractivity contribution is -0.123. The van der Waals surface area contributed by atoms with Crippen LogP contribution in [0.15, 0.2) is 72.8 Å². The molecule has 0 aliphatic heterocycles. The minimum absolute atomic E-state index is 0.250. The van der Waals surface area contributed by atoms with E-state index in [1.54, 1.807) is 48.5 Å². The third-order valence-corrected chi connectivity index (χ3v) is 4.48. The summed E-state index contributed by atoms with van der Waals surface area (Å²) in [4.78, 5) is 24.1. The van der Waals surface area contributed by atoms with Crippen LogP contribution in [0.2, 0.25) is 0 Å². The van der Waals surface area contributed by atoms with Crippen molar-refractivity contribution in [2.75, 3.05) is 13.2 Å². The van der Waals surface area contributed by atoms with E-state index in [9.17, 15) is 9.59 Å². The van der Waals surface area contributed by atoms with E-state index in [0.717, 1.165) is 17.5 Å². The highest BCUT2D eigenvalue weighted by atomic mass is 16.5. The number of rotatable bonds is 8. The Morgan fingerprint density at radius 3 is 1.97 bits per heavy atom. The molecular weight excluding hydrogens is 406 g/mol. The molecule has 162 valence electrons. The Kier molecular flexibility index (Phi) is 7.82. The molecule has 0 heterocycles. The number of hydrogen-bond donors (Lipinski definition) is 2. The Hall–Kier alpha value is -4.31. The zero-order chi connectivity index (χ0) is 22.8. The van der Waals surface area contributed by atoms with Gasteiger partial charge in [0.25, 0.3) is 11.8 Å². The standard InChI is InChI=1S/C25H23N3O4/c1-2-15-31-22-13-9-21(10-14-22)25(30)28-27-24(29)17-32-23-11-7-20(8-12-23)19-5-3-18(16-26)4-6-19/h3-14H,2,15,17H2,1H3,(H,27,29)(H,28,30). The average molecular weight is 429 g/mol. The van der Waals surface area contributed by atoms with Crippen LogP contribution in [-0.2, 0) is 4.79 Å². The minimum Gasteiger partial charge on any atom is -0.494 e. The van der Waals surface area contributed by atoms with Gasteiger partial charge in [-0.1, -0.05) is 31.2 Å². The highest BCUT2D eigenvalue weighted by molar-refractivity contribution is 5.95. The van der Waals surface area contributed by atoms with Crippen molar-refractivity contribution in [1.29, 1.82) is 5.26 Å². The number of carbonyl (C=O) groups is 2. The molecule has 0 unspecified atom stereocenters. The number of hydrogen-bond acceptors (Lipinski definition) is 5. The van der Waals surface area contributed by atoms with Gasteiger partial charge in [0, 0.05) is 5.56 Å². The Balaban J connectivity index is 1.44. The summed E-state index contributed by atoms with van der Waals surface area (Å²) in [7, 11) is 0. The molecule has 32 heavy (non-hydrogen) atoms. The molecule has 2 N–H and O–H groups in total. The minimum atomic E-state index is -0.489. The van der Waals surface area contributed by atoms with Gasteiger partial charge in [-0.2, -0.15) is 5.26 Å². The number of benzene rings is 3. The smallest absolute Gasteiger partial charge is 0.276 e. The maximum atomic E-state index is 12.1. The summed E-state index contributed by atoms with van der Waals surface area (Å²) in [6.45, 7) is 2.38. The number of ether oxygens (including phenoxy) is 2. The zero-order valence-corrected chi connectivity index (χ0v) is 17.6. The molecule has 0 atom stereocenters. The van der Waals surface area contributed by atoms with E-state index < -0.39 is 11.8 Å². The second-order valence-electron chi connectivity index (χ2n) is 6.88. The predicted octanol–water partition coefficient (Wildman–Crippen LogP) is 3.85. The molecule has 0 bridgehead atoms. The van der Waals surface area contributed by atoms with Crippen molar-refractivity contribution in [3.05, 3.63) is 83.9 Å². The van der Waals surface area contributed by atoms with Gasteiger partial charge in [-0.05, 0) is 66.1 Å². The van der Waals surface area contributed by atoms with Crippen LogP contribution in [0, 0.1) is 11.3 Å². The lowest BCUT2D eigenvalue weighted by Crippen LogP contribution is -2.43. The van der Waals surface area contributed by atoms with Crippen LogP contribution in [0.5, 0.6) is 11.5 Å². The van der Waals surface area contributed by atoms with Gasteiger partial charge in [-0.25, -0.2) is 0 Å². The van der Waals surface area contributed by atoms with Gasteiger partial charge in [-0.3, -0.25) is 20.4 Å². The van der Waals surface area contributed by atoms with E-state index in [1.807, 2.05) is 31.2 Å². The van der Waals surface area contributed by atoms with E-state index in [2.05, 4.69) is 16.9 Å². The third kappa shape index (κ3) is 6.34. The van der Waals surface area contributed by atoms with Crippen molar-refractivity contribution in [2.24, 2.45) is 0 Å². The summed E-state index contributed by atoms with van der Waals surface area (Å²) >= 11 is 0. The van der Waals surface area contributed by atoms with Crippen molar-refractivity contribution in [1.82, 2.24) is 10.9 Å². The first kappa shape index (κ1) is 22.4. The zero-order valence-electron chi connectivity index (χ0n) is 17.6. The summed E-state index contributed by atoms with van der Waals surface area (Å²) in [5.74, 6) is 0.280. The lowest BCUT2D eigenvalue weighted by atomic mass is 10.0. The Morgan fingerprint density at radius 2 is 1.38 bits per heavy atom. The van der Waals surface area contributed by atoms with Crippen molar-refractivity contribution in [3.63, 3.8) is 0 Å². The lowest BCUT2D eigenvalue weighted by Gasteiger charge is -2.10. The molecule has 2 amide bonds. The quantitative estimate of drug-likeness (QED) is 0.530. The third-order valence-electron chi connectivity index (χ3n) is 4.48. The number of hydrazine groups is 1. The SMILES string of the molecule is CCCOc1ccc(C(=O)NNC(=O)COc2ccc(-c3ccc(C#N)cc3)cc2)cc1. The van der Waals surface area contributed by atoms with Crippen LogP contribution in [0.25, 0.3) is 11.1 Å². The van der Waals surface area contributed by atoms with E-state index >= 15 is 0 Å². The van der Waals surface area contributed by atoms with Gasteiger partial charge in [0.15, 0.2) is 6.61 Å². The van der Waals surface area contributed by atoms with Crippen LogP contribution < -0.4 is 20.3 Å². The van der Waals surface area contributed by atoms with Crippen LogP contribution in [-0.4, -0.2) is 25.0 Å². The van der Waals surface area contributed by atoms with Gasteiger partial charge in [0.1, 0.15) is 11.5 Å². The maximum Gasteiger partial charge on any atom is 0.276 e. The van der Waals surface area contributed by atoms with E-state index in [1.165, 1.54) is 0 Å². The van der Waals surface area contributed by atoms with Crippen molar-refractivity contribution < 1.29 is 19.1 Å². The molecule has 0 aliphatic rings. The maximum absolute atomic E-state index is 12.1. The summed E-state index contributed by atoms with van der Waals surface area (Å²) in [6, 6.07) is 23.2. The highest BCUT2D eigenvalue weighted by Gasteiger charge is 2.08. The van der Waals surface area contributed by atoms with Gasteiger partial charge >= 0.3 is 0 Å². The topological polar surface area (TPSA) is 100 Å². The molecule has 0 fully saturated rings. The number of carbonyl (C=O) groups excluding carboxylic acids is 2. The number of amides is 2. The Labute approximate surface area is 186 Å². The van der Waals surface area contributed by atoms with Gasteiger partial charge in [0.2, 0.25) is 0 Å². The summed E-state index contributed by atoms with van der Waals surface area (Å²) in [5.41, 5.74) is 7.62. The molecule has 0 aliphatic carbocycles. The molecule has 7 nitrogen and oxygen atoms in total. The first-order valence-electron chi connectivity index (χ1n) is 10.1.